The quantitative estimate of drug-likeness (QED) is 0.0250. The number of aliphatic hydroxyl groups is 1. The Hall–Kier alpha value is -4.08. The summed E-state index contributed by atoms with van der Waals surface area (Å²) in [5, 5.41) is 7.82. The number of nitrogens with zero attached hydrogens (tertiary/aromatic N) is 2. The molecule has 6 atom stereocenters. The zero-order chi connectivity index (χ0) is 42.4. The molecule has 2 heterocycles. The number of rotatable bonds is 25. The van der Waals surface area contributed by atoms with Gasteiger partial charge in [-0.05, 0) is 36.9 Å². The van der Waals surface area contributed by atoms with Crippen LogP contribution in [-0.2, 0) is 69.4 Å². The molecule has 9 N–H and O–H groups in total. The van der Waals surface area contributed by atoms with E-state index in [4.69, 9.17) is 45.2 Å². The van der Waals surface area contributed by atoms with Gasteiger partial charge in [0.25, 0.3) is 29.1 Å². The first-order valence-electron chi connectivity index (χ1n) is 17.0. The standard InChI is InChI=1S/C32H49N5O17P2/c1-20(2)26(34)28(42)49-14-12-36-16-22(6-8-24(36)40)30(51-18-38)53-55(45,46)32(44,10-5-11-33)56(47,48)54-31(52-19-39)23-7-9-25(41)37(17-23)13-15-50-29(43)27(35)21(3)4/h6-9,16-21,26-27,30-31,44H,5,10-15,33-35H2,1-4H3,(H,45,46)(H,47,48)/t26-,27-,30?,31?,32?/m0/s1. The zero-order valence-electron chi connectivity index (χ0n) is 31.1. The highest BCUT2D eigenvalue weighted by Gasteiger charge is 2.63. The van der Waals surface area contributed by atoms with Crippen molar-refractivity contribution in [1.82, 2.24) is 9.13 Å². The Kier molecular flexibility index (Phi) is 18.4. The molecule has 0 saturated heterocycles. The maximum atomic E-state index is 13.9. The summed E-state index contributed by atoms with van der Waals surface area (Å²) in [5.41, 5.74) is 15.1. The predicted molar refractivity (Wildman–Crippen MR) is 194 cm³/mol. The predicted octanol–water partition coefficient (Wildman–Crippen LogP) is -0.105. The van der Waals surface area contributed by atoms with Crippen molar-refractivity contribution in [2.75, 3.05) is 19.8 Å². The van der Waals surface area contributed by atoms with Crippen LogP contribution in [0.5, 0.6) is 0 Å². The molecule has 0 saturated carbocycles. The first-order valence-corrected chi connectivity index (χ1v) is 20.2. The lowest BCUT2D eigenvalue weighted by molar-refractivity contribution is -0.151. The van der Waals surface area contributed by atoms with E-state index in [1.165, 1.54) is 0 Å². The summed E-state index contributed by atoms with van der Waals surface area (Å²) in [4.78, 5) is 94.6. The van der Waals surface area contributed by atoms with E-state index in [-0.39, 0.29) is 68.8 Å². The van der Waals surface area contributed by atoms with Crippen LogP contribution < -0.4 is 28.3 Å². The van der Waals surface area contributed by atoms with E-state index in [0.29, 0.717) is 0 Å². The molecule has 56 heavy (non-hydrogen) atoms. The molecule has 22 nitrogen and oxygen atoms in total. The Morgan fingerprint density at radius 1 is 0.768 bits per heavy atom. The fourth-order valence-electron chi connectivity index (χ4n) is 4.59. The maximum Gasteiger partial charge on any atom is 0.375 e. The van der Waals surface area contributed by atoms with E-state index in [0.717, 1.165) is 45.8 Å². The van der Waals surface area contributed by atoms with Crippen LogP contribution in [0.1, 0.15) is 64.2 Å². The number of aromatic nitrogens is 2. The summed E-state index contributed by atoms with van der Waals surface area (Å²) >= 11 is 0. The van der Waals surface area contributed by atoms with Crippen LogP contribution in [-0.4, -0.2) is 85.8 Å². The molecule has 4 unspecified atom stereocenters. The lowest BCUT2D eigenvalue weighted by atomic mass is 10.1. The van der Waals surface area contributed by atoms with Gasteiger partial charge in [-0.1, -0.05) is 27.7 Å². The molecule has 0 radical (unpaired) electrons. The Labute approximate surface area is 320 Å². The Bertz CT molecular complexity index is 1740. The molecule has 0 bridgehead atoms. The van der Waals surface area contributed by atoms with E-state index >= 15 is 0 Å². The van der Waals surface area contributed by atoms with Gasteiger partial charge >= 0.3 is 27.1 Å². The Morgan fingerprint density at radius 3 is 1.46 bits per heavy atom. The van der Waals surface area contributed by atoms with Crippen LogP contribution in [0.3, 0.4) is 0 Å². The van der Waals surface area contributed by atoms with E-state index in [2.05, 4.69) is 0 Å². The molecule has 0 aromatic carbocycles. The molecular formula is C32H49N5O17P2. The third-order valence-corrected chi connectivity index (χ3v) is 12.9. The lowest BCUT2D eigenvalue weighted by Gasteiger charge is -2.36. The first-order chi connectivity index (χ1) is 26.2. The summed E-state index contributed by atoms with van der Waals surface area (Å²) in [6, 6.07) is 2.04. The number of pyridine rings is 2. The molecule has 314 valence electrons. The molecule has 0 amide bonds. The summed E-state index contributed by atoms with van der Waals surface area (Å²) in [7, 11) is -11.9. The average Bonchev–Trinajstić information content (AvgIpc) is 3.13. The van der Waals surface area contributed by atoms with Gasteiger partial charge in [-0.3, -0.25) is 46.9 Å². The molecule has 2 rings (SSSR count). The van der Waals surface area contributed by atoms with E-state index < -0.39 is 80.8 Å². The summed E-state index contributed by atoms with van der Waals surface area (Å²) in [6.45, 7) is 4.83. The molecule has 0 fully saturated rings. The average molecular weight is 838 g/mol. The van der Waals surface area contributed by atoms with Crippen LogP contribution in [0.4, 0.5) is 0 Å². The normalized spacial score (nSPS) is 17.0. The van der Waals surface area contributed by atoms with Crippen molar-refractivity contribution in [1.29, 1.82) is 0 Å². The monoisotopic (exact) mass is 837 g/mol. The molecule has 0 aliphatic rings. The number of carbonyl (C=O) groups is 4. The van der Waals surface area contributed by atoms with Crippen molar-refractivity contribution in [2.45, 2.75) is 83.4 Å². The van der Waals surface area contributed by atoms with Crippen molar-refractivity contribution >= 4 is 40.1 Å². The highest BCUT2D eigenvalue weighted by atomic mass is 31.2. The Balaban J connectivity index is 2.44. The van der Waals surface area contributed by atoms with Gasteiger partial charge in [0, 0.05) is 42.1 Å². The third-order valence-electron chi connectivity index (χ3n) is 8.15. The van der Waals surface area contributed by atoms with Gasteiger partial charge in [-0.2, -0.15) is 0 Å². The number of esters is 2. The molecule has 0 aliphatic carbocycles. The SMILES string of the molecule is CC(C)[C@H](N)C(=O)OCCn1cc(C(OC=O)OP(=O)(O)C(O)(CCCN)P(=O)(O)OC(OC=O)c2ccc(=O)n(CCOC(=O)[C@@H](N)C(C)C)c2)ccc1=O. The second-order valence-electron chi connectivity index (χ2n) is 12.9. The molecule has 24 heteroatoms. The second kappa shape index (κ2) is 21.4. The van der Waals surface area contributed by atoms with Gasteiger partial charge in [0.15, 0.2) is 0 Å². The molecule has 0 aliphatic heterocycles. The minimum Gasteiger partial charge on any atom is -0.463 e. The van der Waals surface area contributed by atoms with Crippen molar-refractivity contribution in [3.63, 3.8) is 0 Å². The van der Waals surface area contributed by atoms with Gasteiger partial charge in [-0.25, -0.2) is 0 Å². The fourth-order valence-corrected chi connectivity index (χ4v) is 8.23. The largest absolute Gasteiger partial charge is 0.463 e. The van der Waals surface area contributed by atoms with Gasteiger partial charge < -0.3 is 60.2 Å². The number of hydrogen-bond acceptors (Lipinski definition) is 18. The van der Waals surface area contributed by atoms with Crippen molar-refractivity contribution in [3.05, 3.63) is 68.5 Å². The van der Waals surface area contributed by atoms with E-state index in [1.54, 1.807) is 27.7 Å². The number of ether oxygens (including phenoxy) is 4. The maximum absolute atomic E-state index is 13.9. The smallest absolute Gasteiger partial charge is 0.375 e. The number of carbonyl (C=O) groups excluding carboxylic acids is 4. The third kappa shape index (κ3) is 12.7. The second-order valence-corrected chi connectivity index (χ2v) is 17.2. The molecule has 2 aromatic heterocycles. The van der Waals surface area contributed by atoms with Crippen LogP contribution >= 0.6 is 15.2 Å². The Morgan fingerprint density at radius 2 is 1.14 bits per heavy atom. The van der Waals surface area contributed by atoms with E-state index in [1.807, 2.05) is 0 Å². The molecular weight excluding hydrogens is 788 g/mol. The summed E-state index contributed by atoms with van der Waals surface area (Å²) < 4.78 is 59.8. The van der Waals surface area contributed by atoms with Crippen LogP contribution in [0.2, 0.25) is 0 Å². The minimum absolute atomic E-state index is 0.217. The van der Waals surface area contributed by atoms with Gasteiger partial charge in [0.05, 0.1) is 13.1 Å². The van der Waals surface area contributed by atoms with Crippen LogP contribution in [0, 0.1) is 11.8 Å². The van der Waals surface area contributed by atoms with E-state index in [9.17, 15) is 52.8 Å². The topological polar surface area (TPSA) is 341 Å². The van der Waals surface area contributed by atoms with Gasteiger partial charge in [0.2, 0.25) is 12.6 Å². The highest BCUT2D eigenvalue weighted by molar-refractivity contribution is 7.72. The lowest BCUT2D eigenvalue weighted by Crippen LogP contribution is -2.37. The summed E-state index contributed by atoms with van der Waals surface area (Å²) in [6.07, 6.45) is -3.88. The van der Waals surface area contributed by atoms with Gasteiger partial charge in [0.1, 0.15) is 25.3 Å². The van der Waals surface area contributed by atoms with Crippen molar-refractivity contribution < 1.29 is 71.2 Å². The number of hydrogen-bond donors (Lipinski definition) is 6. The summed E-state index contributed by atoms with van der Waals surface area (Å²) in [5.74, 6) is -1.96. The molecule has 0 spiro atoms. The van der Waals surface area contributed by atoms with Gasteiger partial charge in [-0.15, -0.1) is 0 Å². The number of nitrogens with two attached hydrogens (primary N) is 3. The highest BCUT2D eigenvalue weighted by Crippen LogP contribution is 2.75. The zero-order valence-corrected chi connectivity index (χ0v) is 32.9. The first kappa shape index (κ1) is 48.1. The minimum atomic E-state index is -5.97. The van der Waals surface area contributed by atoms with Crippen LogP contribution in [0.25, 0.3) is 0 Å². The van der Waals surface area contributed by atoms with Crippen molar-refractivity contribution in [3.8, 4) is 0 Å². The van der Waals surface area contributed by atoms with Crippen molar-refractivity contribution in [2.24, 2.45) is 29.0 Å². The molecule has 2 aromatic rings. The fraction of sp³-hybridized carbons (Fsp3) is 0.562. The van der Waals surface area contributed by atoms with Crippen LogP contribution in [0.15, 0.2) is 46.2 Å².